The SMILES string of the molecule is CC(=NNC(=O)c1cc(-c2ccccc2Cl)nc2ccccc12)c1ccc(O)cc1O. The molecule has 31 heavy (non-hydrogen) atoms. The van der Waals surface area contributed by atoms with Crippen LogP contribution in [0.1, 0.15) is 22.8 Å². The van der Waals surface area contributed by atoms with Gasteiger partial charge in [0.05, 0.1) is 22.5 Å². The van der Waals surface area contributed by atoms with Crippen molar-refractivity contribution in [2.45, 2.75) is 6.92 Å². The molecule has 0 saturated carbocycles. The molecule has 0 fully saturated rings. The van der Waals surface area contributed by atoms with Gasteiger partial charge in [0.2, 0.25) is 0 Å². The first-order chi connectivity index (χ1) is 14.9. The number of nitrogens with zero attached hydrogens (tertiary/aromatic N) is 2. The zero-order valence-corrected chi connectivity index (χ0v) is 17.3. The highest BCUT2D eigenvalue weighted by molar-refractivity contribution is 6.33. The maximum absolute atomic E-state index is 13.0. The number of halogens is 1. The van der Waals surface area contributed by atoms with Gasteiger partial charge in [0.1, 0.15) is 11.5 Å². The van der Waals surface area contributed by atoms with Crippen LogP contribution in [0.4, 0.5) is 0 Å². The number of phenolic OH excluding ortho intramolecular Hbond substituents is 2. The Hall–Kier alpha value is -3.90. The van der Waals surface area contributed by atoms with Crippen molar-refractivity contribution in [3.63, 3.8) is 0 Å². The first-order valence-electron chi connectivity index (χ1n) is 9.45. The first kappa shape index (κ1) is 20.4. The number of rotatable bonds is 4. The molecular weight excluding hydrogens is 414 g/mol. The zero-order chi connectivity index (χ0) is 22.0. The van der Waals surface area contributed by atoms with Gasteiger partial charge in [0.25, 0.3) is 5.91 Å². The number of amides is 1. The van der Waals surface area contributed by atoms with E-state index in [-0.39, 0.29) is 11.5 Å². The number of fused-ring (bicyclic) bond motifs is 1. The van der Waals surface area contributed by atoms with Gasteiger partial charge in [-0.25, -0.2) is 10.4 Å². The molecule has 7 heteroatoms. The molecule has 154 valence electrons. The van der Waals surface area contributed by atoms with Gasteiger partial charge in [0.15, 0.2) is 0 Å². The summed E-state index contributed by atoms with van der Waals surface area (Å²) in [7, 11) is 0. The van der Waals surface area contributed by atoms with Crippen LogP contribution in [0.5, 0.6) is 11.5 Å². The highest BCUT2D eigenvalue weighted by Crippen LogP contribution is 2.30. The van der Waals surface area contributed by atoms with Gasteiger partial charge in [0, 0.05) is 27.6 Å². The van der Waals surface area contributed by atoms with Gasteiger partial charge < -0.3 is 10.2 Å². The number of hydrogen-bond donors (Lipinski definition) is 3. The molecule has 0 aliphatic heterocycles. The van der Waals surface area contributed by atoms with E-state index in [4.69, 9.17) is 11.6 Å². The molecule has 1 aromatic heterocycles. The van der Waals surface area contributed by atoms with Crippen LogP contribution in [0.2, 0.25) is 5.02 Å². The summed E-state index contributed by atoms with van der Waals surface area (Å²) >= 11 is 6.33. The number of para-hydroxylation sites is 1. The van der Waals surface area contributed by atoms with Crippen molar-refractivity contribution in [3.8, 4) is 22.8 Å². The van der Waals surface area contributed by atoms with Crippen molar-refractivity contribution in [2.24, 2.45) is 5.10 Å². The molecule has 0 atom stereocenters. The number of hydrazone groups is 1. The van der Waals surface area contributed by atoms with E-state index in [0.717, 1.165) is 5.56 Å². The molecule has 3 aromatic carbocycles. The number of carbonyl (C=O) groups excluding carboxylic acids is 1. The third kappa shape index (κ3) is 4.20. The van der Waals surface area contributed by atoms with E-state index in [2.05, 4.69) is 15.5 Å². The molecule has 6 nitrogen and oxygen atoms in total. The molecule has 0 saturated heterocycles. The van der Waals surface area contributed by atoms with Crippen LogP contribution in [0.25, 0.3) is 22.2 Å². The Balaban J connectivity index is 1.73. The standard InChI is InChI=1S/C24H18ClN3O3/c1-14(16-11-10-15(29)12-23(16)30)27-28-24(31)19-13-22(18-7-2-4-8-20(18)25)26-21-9-5-3-6-17(19)21/h2-13,29-30H,1H3,(H,28,31). The summed E-state index contributed by atoms with van der Waals surface area (Å²) in [5.41, 5.74) is 5.67. The first-order valence-corrected chi connectivity index (χ1v) is 9.83. The van der Waals surface area contributed by atoms with Gasteiger partial charge in [-0.15, -0.1) is 0 Å². The normalized spacial score (nSPS) is 11.5. The van der Waals surface area contributed by atoms with Crippen LogP contribution in [-0.2, 0) is 0 Å². The Kier molecular flexibility index (Phi) is 5.56. The average Bonchev–Trinajstić information content (AvgIpc) is 2.77. The highest BCUT2D eigenvalue weighted by atomic mass is 35.5. The fourth-order valence-electron chi connectivity index (χ4n) is 3.25. The van der Waals surface area contributed by atoms with Crippen LogP contribution in [0, 0.1) is 0 Å². The number of benzene rings is 3. The molecule has 1 amide bonds. The molecule has 0 radical (unpaired) electrons. The average molecular weight is 432 g/mol. The van der Waals surface area contributed by atoms with Crippen molar-refractivity contribution in [3.05, 3.63) is 88.9 Å². The van der Waals surface area contributed by atoms with E-state index in [9.17, 15) is 15.0 Å². The lowest BCUT2D eigenvalue weighted by molar-refractivity contribution is 0.0956. The largest absolute Gasteiger partial charge is 0.508 e. The monoisotopic (exact) mass is 431 g/mol. The number of nitrogens with one attached hydrogen (secondary N) is 1. The molecule has 4 rings (SSSR count). The minimum Gasteiger partial charge on any atom is -0.508 e. The Morgan fingerprint density at radius 3 is 2.48 bits per heavy atom. The van der Waals surface area contributed by atoms with Crippen LogP contribution >= 0.6 is 11.6 Å². The Labute approximate surface area is 183 Å². The summed E-state index contributed by atoms with van der Waals surface area (Å²) in [4.78, 5) is 17.7. The molecule has 0 unspecified atom stereocenters. The molecule has 1 heterocycles. The van der Waals surface area contributed by atoms with Gasteiger partial charge in [-0.2, -0.15) is 5.10 Å². The van der Waals surface area contributed by atoms with Crippen LogP contribution in [0.15, 0.2) is 77.9 Å². The minimum absolute atomic E-state index is 0.0616. The van der Waals surface area contributed by atoms with E-state index in [1.165, 1.54) is 18.2 Å². The fraction of sp³-hybridized carbons (Fsp3) is 0.0417. The molecule has 0 aliphatic rings. The van der Waals surface area contributed by atoms with Crippen LogP contribution < -0.4 is 5.43 Å². The van der Waals surface area contributed by atoms with Crippen LogP contribution in [0.3, 0.4) is 0 Å². The Morgan fingerprint density at radius 1 is 0.968 bits per heavy atom. The summed E-state index contributed by atoms with van der Waals surface area (Å²) in [6.45, 7) is 1.65. The molecular formula is C24H18ClN3O3. The lowest BCUT2D eigenvalue weighted by Crippen LogP contribution is -2.20. The van der Waals surface area contributed by atoms with Gasteiger partial charge in [-0.3, -0.25) is 4.79 Å². The third-order valence-corrected chi connectivity index (χ3v) is 5.14. The summed E-state index contributed by atoms with van der Waals surface area (Å²) in [5.74, 6) is -0.621. The van der Waals surface area contributed by atoms with Gasteiger partial charge >= 0.3 is 0 Å². The second kappa shape index (κ2) is 8.45. The molecule has 4 aromatic rings. The van der Waals surface area contributed by atoms with Crippen molar-refractivity contribution >= 4 is 34.1 Å². The predicted molar refractivity (Wildman–Crippen MR) is 122 cm³/mol. The number of aromatic hydroxyl groups is 2. The van der Waals surface area contributed by atoms with Crippen molar-refractivity contribution in [2.75, 3.05) is 0 Å². The number of aromatic nitrogens is 1. The predicted octanol–water partition coefficient (Wildman–Crippen LogP) is 5.12. The van der Waals surface area contributed by atoms with Crippen molar-refractivity contribution in [1.82, 2.24) is 10.4 Å². The van der Waals surface area contributed by atoms with E-state index in [0.29, 0.717) is 38.5 Å². The second-order valence-corrected chi connectivity index (χ2v) is 7.30. The minimum atomic E-state index is -0.426. The topological polar surface area (TPSA) is 94.8 Å². The van der Waals surface area contributed by atoms with Crippen LogP contribution in [-0.4, -0.2) is 26.8 Å². The summed E-state index contributed by atoms with van der Waals surface area (Å²) in [6.07, 6.45) is 0. The van der Waals surface area contributed by atoms with E-state index in [1.807, 2.05) is 42.5 Å². The fourth-order valence-corrected chi connectivity index (χ4v) is 3.48. The third-order valence-electron chi connectivity index (χ3n) is 4.81. The lowest BCUT2D eigenvalue weighted by Gasteiger charge is -2.10. The van der Waals surface area contributed by atoms with Crippen molar-refractivity contribution in [1.29, 1.82) is 0 Å². The summed E-state index contributed by atoms with van der Waals surface area (Å²) in [6, 6.07) is 20.5. The van der Waals surface area contributed by atoms with E-state index in [1.54, 1.807) is 19.1 Å². The number of pyridine rings is 1. The zero-order valence-electron chi connectivity index (χ0n) is 16.5. The number of phenols is 2. The van der Waals surface area contributed by atoms with Gasteiger partial charge in [-0.1, -0.05) is 48.0 Å². The molecule has 0 aliphatic carbocycles. The molecule has 0 bridgehead atoms. The Morgan fingerprint density at radius 2 is 1.71 bits per heavy atom. The highest BCUT2D eigenvalue weighted by Gasteiger charge is 2.15. The lowest BCUT2D eigenvalue weighted by atomic mass is 10.0. The van der Waals surface area contributed by atoms with Gasteiger partial charge in [-0.05, 0) is 37.3 Å². The number of carbonyl (C=O) groups is 1. The molecule has 3 N–H and O–H groups in total. The van der Waals surface area contributed by atoms with E-state index >= 15 is 0 Å². The molecule has 0 spiro atoms. The maximum Gasteiger partial charge on any atom is 0.272 e. The summed E-state index contributed by atoms with van der Waals surface area (Å²) in [5, 5.41) is 24.8. The summed E-state index contributed by atoms with van der Waals surface area (Å²) < 4.78 is 0. The smallest absolute Gasteiger partial charge is 0.272 e. The quantitative estimate of drug-likeness (QED) is 0.308. The number of hydrogen-bond acceptors (Lipinski definition) is 5. The Bertz CT molecular complexity index is 1330. The second-order valence-electron chi connectivity index (χ2n) is 6.89. The van der Waals surface area contributed by atoms with Crippen molar-refractivity contribution < 1.29 is 15.0 Å². The maximum atomic E-state index is 13.0. The van der Waals surface area contributed by atoms with E-state index < -0.39 is 5.91 Å².